The van der Waals surface area contributed by atoms with Gasteiger partial charge in [0.2, 0.25) is 0 Å². The summed E-state index contributed by atoms with van der Waals surface area (Å²) in [6, 6.07) is 14.3. The number of phenols is 1. The van der Waals surface area contributed by atoms with Gasteiger partial charge < -0.3 is 19.9 Å². The highest BCUT2D eigenvalue weighted by Gasteiger charge is 2.13. The maximum atomic E-state index is 11.8. The monoisotopic (exact) mass is 340 g/mol. The van der Waals surface area contributed by atoms with Gasteiger partial charge in [-0.1, -0.05) is 37.3 Å². The fourth-order valence-electron chi connectivity index (χ4n) is 2.97. The lowest BCUT2D eigenvalue weighted by molar-refractivity contribution is -0.677. The normalized spacial score (nSPS) is 12.4. The van der Waals surface area contributed by atoms with Crippen molar-refractivity contribution in [3.63, 3.8) is 0 Å². The van der Waals surface area contributed by atoms with Gasteiger partial charge in [-0.2, -0.15) is 0 Å². The first-order valence-corrected chi connectivity index (χ1v) is 8.41. The minimum absolute atomic E-state index is 0.138. The maximum absolute atomic E-state index is 11.8. The Morgan fingerprint density at radius 2 is 1.88 bits per heavy atom. The highest BCUT2D eigenvalue weighted by atomic mass is 16.4. The lowest BCUT2D eigenvalue weighted by Crippen LogP contribution is -2.83. The van der Waals surface area contributed by atoms with E-state index in [9.17, 15) is 15.0 Å². The van der Waals surface area contributed by atoms with Gasteiger partial charge in [0, 0.05) is 23.1 Å². The van der Waals surface area contributed by atoms with E-state index in [0.29, 0.717) is 25.1 Å². The zero-order valence-corrected chi connectivity index (χ0v) is 14.1. The van der Waals surface area contributed by atoms with Gasteiger partial charge in [0.25, 0.3) is 0 Å². The number of quaternary nitrogens is 1. The SMILES string of the molecule is CCc1cc2c(C[NH2+]C[C@@H](O)c3ccccc3)cc(=O)oc2cc1O. The summed E-state index contributed by atoms with van der Waals surface area (Å²) in [5.41, 5.74) is 2.46. The third kappa shape index (κ3) is 3.90. The van der Waals surface area contributed by atoms with Gasteiger partial charge in [-0.15, -0.1) is 0 Å². The van der Waals surface area contributed by atoms with Crippen molar-refractivity contribution >= 4 is 11.0 Å². The molecule has 3 aromatic rings. The summed E-state index contributed by atoms with van der Waals surface area (Å²) in [6.45, 7) is 2.99. The van der Waals surface area contributed by atoms with Gasteiger partial charge in [-0.05, 0) is 23.6 Å². The van der Waals surface area contributed by atoms with E-state index < -0.39 is 11.7 Å². The molecule has 0 aliphatic rings. The topological polar surface area (TPSA) is 87.3 Å². The number of rotatable bonds is 6. The first kappa shape index (κ1) is 17.2. The minimum atomic E-state index is -0.567. The predicted octanol–water partition coefficient (Wildman–Crippen LogP) is 1.86. The number of nitrogens with two attached hydrogens (primary N) is 1. The van der Waals surface area contributed by atoms with Crippen LogP contribution in [0.25, 0.3) is 11.0 Å². The Morgan fingerprint density at radius 1 is 1.12 bits per heavy atom. The van der Waals surface area contributed by atoms with Gasteiger partial charge in [0.15, 0.2) is 0 Å². The highest BCUT2D eigenvalue weighted by molar-refractivity contribution is 5.82. The van der Waals surface area contributed by atoms with Crippen LogP contribution in [0.1, 0.15) is 29.7 Å². The molecule has 5 heteroatoms. The van der Waals surface area contributed by atoms with Crippen molar-refractivity contribution in [2.75, 3.05) is 6.54 Å². The Kier molecular flexibility index (Phi) is 5.16. The first-order chi connectivity index (χ1) is 12.1. The van der Waals surface area contributed by atoms with E-state index in [2.05, 4.69) is 0 Å². The number of aromatic hydroxyl groups is 1. The second-order valence-corrected chi connectivity index (χ2v) is 6.08. The van der Waals surface area contributed by atoms with Crippen molar-refractivity contribution < 1.29 is 19.9 Å². The summed E-state index contributed by atoms with van der Waals surface area (Å²) >= 11 is 0. The second kappa shape index (κ2) is 7.51. The summed E-state index contributed by atoms with van der Waals surface area (Å²) in [4.78, 5) is 11.8. The van der Waals surface area contributed by atoms with Gasteiger partial charge in [0.05, 0.1) is 0 Å². The third-order valence-corrected chi connectivity index (χ3v) is 4.35. The summed E-state index contributed by atoms with van der Waals surface area (Å²) in [5, 5.41) is 23.0. The Labute approximate surface area is 145 Å². The van der Waals surface area contributed by atoms with E-state index in [4.69, 9.17) is 4.42 Å². The molecule has 0 saturated carbocycles. The Hall–Kier alpha value is -2.63. The molecular weight excluding hydrogens is 318 g/mol. The molecule has 1 atom stereocenters. The Morgan fingerprint density at radius 3 is 2.60 bits per heavy atom. The molecule has 5 nitrogen and oxygen atoms in total. The molecule has 25 heavy (non-hydrogen) atoms. The fraction of sp³-hybridized carbons (Fsp3) is 0.250. The predicted molar refractivity (Wildman–Crippen MR) is 95.4 cm³/mol. The minimum Gasteiger partial charge on any atom is -0.508 e. The summed E-state index contributed by atoms with van der Waals surface area (Å²) < 4.78 is 5.20. The quantitative estimate of drug-likeness (QED) is 0.598. The van der Waals surface area contributed by atoms with Crippen LogP contribution in [0.15, 0.2) is 57.7 Å². The van der Waals surface area contributed by atoms with Crippen molar-refractivity contribution in [1.82, 2.24) is 0 Å². The van der Waals surface area contributed by atoms with Gasteiger partial charge in [0.1, 0.15) is 30.5 Å². The van der Waals surface area contributed by atoms with Crippen molar-refractivity contribution in [3.8, 4) is 5.75 Å². The van der Waals surface area contributed by atoms with E-state index in [1.807, 2.05) is 48.6 Å². The van der Waals surface area contributed by atoms with Crippen LogP contribution in [-0.2, 0) is 13.0 Å². The van der Waals surface area contributed by atoms with Crippen LogP contribution < -0.4 is 10.9 Å². The zero-order valence-electron chi connectivity index (χ0n) is 14.1. The van der Waals surface area contributed by atoms with Crippen LogP contribution in [0, 0.1) is 0 Å². The van der Waals surface area contributed by atoms with Crippen molar-refractivity contribution in [2.45, 2.75) is 26.0 Å². The number of hydrogen-bond acceptors (Lipinski definition) is 4. The maximum Gasteiger partial charge on any atom is 0.336 e. The molecule has 0 bridgehead atoms. The lowest BCUT2D eigenvalue weighted by Gasteiger charge is -2.11. The molecule has 0 unspecified atom stereocenters. The standard InChI is InChI=1S/C20H21NO4/c1-2-13-8-16-15(9-20(24)25-19(16)10-17(13)22)11-21-12-18(23)14-6-4-3-5-7-14/h3-10,18,21-23H,2,11-12H2,1H3/p+1/t18-/m1/s1. The van der Waals surface area contributed by atoms with Crippen molar-refractivity contribution in [2.24, 2.45) is 0 Å². The number of aliphatic hydroxyl groups is 1. The summed E-state index contributed by atoms with van der Waals surface area (Å²) in [7, 11) is 0. The van der Waals surface area contributed by atoms with E-state index in [-0.39, 0.29) is 5.75 Å². The van der Waals surface area contributed by atoms with Crippen LogP contribution in [0.3, 0.4) is 0 Å². The molecule has 3 rings (SSSR count). The van der Waals surface area contributed by atoms with Crippen molar-refractivity contribution in [3.05, 3.63) is 75.6 Å². The average molecular weight is 340 g/mol. The molecule has 2 aromatic carbocycles. The summed E-state index contributed by atoms with van der Waals surface area (Å²) in [6.07, 6.45) is 0.124. The zero-order chi connectivity index (χ0) is 17.8. The van der Waals surface area contributed by atoms with Crippen LogP contribution in [0.5, 0.6) is 5.75 Å². The number of phenolic OH excluding ortho intramolecular Hbond substituents is 1. The molecule has 0 saturated heterocycles. The van der Waals surface area contributed by atoms with Crippen LogP contribution >= 0.6 is 0 Å². The lowest BCUT2D eigenvalue weighted by atomic mass is 10.0. The van der Waals surface area contributed by atoms with Gasteiger partial charge in [-0.25, -0.2) is 4.79 Å². The number of benzene rings is 2. The van der Waals surface area contributed by atoms with Crippen molar-refractivity contribution in [1.29, 1.82) is 0 Å². The van der Waals surface area contributed by atoms with E-state index in [1.165, 1.54) is 12.1 Å². The third-order valence-electron chi connectivity index (χ3n) is 4.35. The highest BCUT2D eigenvalue weighted by Crippen LogP contribution is 2.26. The van der Waals surface area contributed by atoms with Crippen LogP contribution in [-0.4, -0.2) is 16.8 Å². The van der Waals surface area contributed by atoms with Gasteiger partial charge in [-0.3, -0.25) is 0 Å². The molecule has 1 heterocycles. The smallest absolute Gasteiger partial charge is 0.336 e. The molecule has 0 aliphatic carbocycles. The molecule has 0 radical (unpaired) electrons. The van der Waals surface area contributed by atoms with Crippen LogP contribution in [0.4, 0.5) is 0 Å². The molecule has 130 valence electrons. The molecule has 4 N–H and O–H groups in total. The first-order valence-electron chi connectivity index (χ1n) is 8.41. The van der Waals surface area contributed by atoms with Gasteiger partial charge >= 0.3 is 5.63 Å². The molecule has 0 amide bonds. The molecule has 0 fully saturated rings. The number of fused-ring (bicyclic) bond motifs is 1. The molecule has 0 spiro atoms. The number of aryl methyl sites for hydroxylation is 1. The largest absolute Gasteiger partial charge is 0.508 e. The van der Waals surface area contributed by atoms with Crippen LogP contribution in [0.2, 0.25) is 0 Å². The average Bonchev–Trinajstić information content (AvgIpc) is 2.61. The number of aliphatic hydroxyl groups excluding tert-OH is 1. The molecule has 0 aliphatic heterocycles. The summed E-state index contributed by atoms with van der Waals surface area (Å²) in [5.74, 6) is 0.138. The second-order valence-electron chi connectivity index (χ2n) is 6.08. The molecular formula is C20H22NO4+. The van der Waals surface area contributed by atoms with E-state index in [0.717, 1.165) is 22.1 Å². The van der Waals surface area contributed by atoms with E-state index >= 15 is 0 Å². The fourth-order valence-corrected chi connectivity index (χ4v) is 2.97. The Bertz CT molecular complexity index is 918. The number of hydrogen-bond donors (Lipinski definition) is 3. The molecule has 1 aromatic heterocycles. The van der Waals surface area contributed by atoms with E-state index in [1.54, 1.807) is 0 Å². The Balaban J connectivity index is 1.80.